The predicted molar refractivity (Wildman–Crippen MR) is 93.8 cm³/mol. The average Bonchev–Trinajstić information content (AvgIpc) is 2.64. The van der Waals surface area contributed by atoms with E-state index in [1.54, 1.807) is 12.0 Å². The molecule has 0 bridgehead atoms. The molecule has 4 heteroatoms. The Hall–Kier alpha value is -2.62. The number of ether oxygens (including phenoxy) is 1. The van der Waals surface area contributed by atoms with Crippen molar-refractivity contribution in [1.29, 1.82) is 0 Å². The molecule has 1 heterocycles. The van der Waals surface area contributed by atoms with E-state index in [2.05, 4.69) is 0 Å². The summed E-state index contributed by atoms with van der Waals surface area (Å²) in [5.41, 5.74) is 1.86. The van der Waals surface area contributed by atoms with Gasteiger partial charge in [0.15, 0.2) is 0 Å². The Balaban J connectivity index is 1.83. The normalized spacial score (nSPS) is 20.2. The molecular formula is C20H20FNO2. The highest BCUT2D eigenvalue weighted by Crippen LogP contribution is 2.36. The van der Waals surface area contributed by atoms with Crippen molar-refractivity contribution in [2.45, 2.75) is 12.5 Å². The zero-order valence-electron chi connectivity index (χ0n) is 13.6. The molecule has 3 rings (SSSR count). The number of halogens is 1. The molecule has 1 aliphatic rings. The van der Waals surface area contributed by atoms with Crippen molar-refractivity contribution in [2.24, 2.45) is 5.92 Å². The number of methoxy groups -OCH3 is 1. The van der Waals surface area contributed by atoms with E-state index < -0.39 is 6.67 Å². The van der Waals surface area contributed by atoms with Crippen LogP contribution >= 0.6 is 0 Å². The van der Waals surface area contributed by atoms with Gasteiger partial charge in [0, 0.05) is 5.69 Å². The van der Waals surface area contributed by atoms with Crippen LogP contribution in [-0.2, 0) is 4.79 Å². The van der Waals surface area contributed by atoms with Crippen molar-refractivity contribution in [3.8, 4) is 5.75 Å². The van der Waals surface area contributed by atoms with Crippen molar-refractivity contribution < 1.29 is 13.9 Å². The Labute approximate surface area is 141 Å². The summed E-state index contributed by atoms with van der Waals surface area (Å²) in [5.74, 6) is 0.418. The molecule has 0 radical (unpaired) electrons. The van der Waals surface area contributed by atoms with Crippen LogP contribution in [0.3, 0.4) is 0 Å². The van der Waals surface area contributed by atoms with Gasteiger partial charge in [0.25, 0.3) is 0 Å². The number of nitrogens with zero attached hydrogens (tertiary/aromatic N) is 1. The molecule has 3 nitrogen and oxygen atoms in total. The number of rotatable bonds is 6. The molecule has 0 unspecified atom stereocenters. The average molecular weight is 325 g/mol. The molecular weight excluding hydrogens is 305 g/mol. The van der Waals surface area contributed by atoms with Crippen LogP contribution in [0.15, 0.2) is 60.7 Å². The fraction of sp³-hybridized carbons (Fsp3) is 0.250. The quantitative estimate of drug-likeness (QED) is 0.748. The molecule has 1 amide bonds. The van der Waals surface area contributed by atoms with Gasteiger partial charge in [0.2, 0.25) is 5.91 Å². The fourth-order valence-corrected chi connectivity index (χ4v) is 3.02. The number of anilines is 1. The van der Waals surface area contributed by atoms with Gasteiger partial charge in [-0.15, -0.1) is 0 Å². The molecule has 0 N–H and O–H groups in total. The molecule has 0 spiro atoms. The van der Waals surface area contributed by atoms with Crippen LogP contribution < -0.4 is 9.64 Å². The summed E-state index contributed by atoms with van der Waals surface area (Å²) in [5, 5.41) is 0. The second-order valence-corrected chi connectivity index (χ2v) is 5.75. The van der Waals surface area contributed by atoms with Crippen molar-refractivity contribution in [3.05, 3.63) is 66.2 Å². The van der Waals surface area contributed by atoms with Gasteiger partial charge in [-0.3, -0.25) is 9.18 Å². The standard InChI is InChI=1S/C20H20FNO2/c1-24-17-10-8-16(9-11-17)22-19(18(13-14-21)20(22)23)12-7-15-5-3-2-4-6-15/h2-12,18-19H,13-14H2,1H3/t18-,19+/m1/s1. The minimum absolute atomic E-state index is 0.0273. The number of alkyl halides is 1. The van der Waals surface area contributed by atoms with E-state index in [0.29, 0.717) is 0 Å². The first-order valence-electron chi connectivity index (χ1n) is 8.01. The van der Waals surface area contributed by atoms with Gasteiger partial charge < -0.3 is 9.64 Å². The van der Waals surface area contributed by atoms with Crippen molar-refractivity contribution >= 4 is 17.7 Å². The summed E-state index contributed by atoms with van der Waals surface area (Å²) < 4.78 is 17.9. The third-order valence-corrected chi connectivity index (χ3v) is 4.32. The number of hydrogen-bond donors (Lipinski definition) is 0. The molecule has 2 atom stereocenters. The Morgan fingerprint density at radius 2 is 1.83 bits per heavy atom. The maximum atomic E-state index is 12.8. The smallest absolute Gasteiger partial charge is 0.233 e. The van der Waals surface area contributed by atoms with Gasteiger partial charge in [-0.1, -0.05) is 42.5 Å². The zero-order valence-corrected chi connectivity index (χ0v) is 13.6. The highest BCUT2D eigenvalue weighted by Gasteiger charge is 2.45. The largest absolute Gasteiger partial charge is 0.497 e. The molecule has 0 aromatic heterocycles. The van der Waals surface area contributed by atoms with Crippen LogP contribution in [0, 0.1) is 5.92 Å². The topological polar surface area (TPSA) is 29.5 Å². The van der Waals surface area contributed by atoms with Gasteiger partial charge >= 0.3 is 0 Å². The number of hydrogen-bond acceptors (Lipinski definition) is 2. The summed E-state index contributed by atoms with van der Waals surface area (Å²) in [6.45, 7) is -0.484. The molecule has 124 valence electrons. The van der Waals surface area contributed by atoms with Gasteiger partial charge in [-0.05, 0) is 36.2 Å². The van der Waals surface area contributed by atoms with E-state index >= 15 is 0 Å². The van der Waals surface area contributed by atoms with Crippen LogP contribution in [0.5, 0.6) is 5.75 Å². The second kappa shape index (κ2) is 7.30. The number of carbonyl (C=O) groups excluding carboxylic acids is 1. The Morgan fingerprint density at radius 3 is 2.46 bits per heavy atom. The van der Waals surface area contributed by atoms with Gasteiger partial charge in [0.1, 0.15) is 5.75 Å². The lowest BCUT2D eigenvalue weighted by molar-refractivity contribution is -0.129. The van der Waals surface area contributed by atoms with Gasteiger partial charge in [-0.2, -0.15) is 0 Å². The highest BCUT2D eigenvalue weighted by molar-refractivity contribution is 6.03. The second-order valence-electron chi connectivity index (χ2n) is 5.75. The maximum absolute atomic E-state index is 12.8. The molecule has 1 aliphatic heterocycles. The monoisotopic (exact) mass is 325 g/mol. The molecule has 2 aromatic carbocycles. The molecule has 0 saturated carbocycles. The van der Waals surface area contributed by atoms with Crippen molar-refractivity contribution in [1.82, 2.24) is 0 Å². The predicted octanol–water partition coefficient (Wildman–Crippen LogP) is 4.10. The van der Waals surface area contributed by atoms with Gasteiger partial charge in [-0.25, -0.2) is 0 Å². The van der Waals surface area contributed by atoms with Crippen LogP contribution in [-0.4, -0.2) is 25.7 Å². The summed E-state index contributed by atoms with van der Waals surface area (Å²) in [7, 11) is 1.60. The van der Waals surface area contributed by atoms with Crippen LogP contribution in [0.2, 0.25) is 0 Å². The summed E-state index contributed by atoms with van der Waals surface area (Å²) >= 11 is 0. The maximum Gasteiger partial charge on any atom is 0.233 e. The summed E-state index contributed by atoms with van der Waals surface area (Å²) in [4.78, 5) is 14.1. The first kappa shape index (κ1) is 16.2. The van der Waals surface area contributed by atoms with Crippen LogP contribution in [0.25, 0.3) is 6.08 Å². The van der Waals surface area contributed by atoms with E-state index in [0.717, 1.165) is 17.0 Å². The first-order chi connectivity index (χ1) is 11.7. The minimum Gasteiger partial charge on any atom is -0.497 e. The Morgan fingerprint density at radius 1 is 1.12 bits per heavy atom. The lowest BCUT2D eigenvalue weighted by Crippen LogP contribution is -2.60. The van der Waals surface area contributed by atoms with Crippen molar-refractivity contribution in [2.75, 3.05) is 18.7 Å². The Bertz CT molecular complexity index is 712. The zero-order chi connectivity index (χ0) is 16.9. The van der Waals surface area contributed by atoms with E-state index in [1.165, 1.54) is 0 Å². The van der Waals surface area contributed by atoms with E-state index in [4.69, 9.17) is 4.74 Å². The number of carbonyl (C=O) groups is 1. The summed E-state index contributed by atoms with van der Waals surface area (Å²) in [6.07, 6.45) is 4.23. The molecule has 1 fully saturated rings. The fourth-order valence-electron chi connectivity index (χ4n) is 3.02. The minimum atomic E-state index is -0.484. The molecule has 2 aromatic rings. The van der Waals surface area contributed by atoms with Crippen LogP contribution in [0.1, 0.15) is 12.0 Å². The number of amides is 1. The molecule has 1 saturated heterocycles. The number of β-lactam (4-membered cyclic amide) rings is 1. The summed E-state index contributed by atoms with van der Waals surface area (Å²) in [6, 6.07) is 17.1. The SMILES string of the molecule is COc1ccc(N2C(=O)[C@H](CCF)[C@@H]2C=Cc2ccccc2)cc1. The van der Waals surface area contributed by atoms with E-state index in [-0.39, 0.29) is 24.3 Å². The highest BCUT2D eigenvalue weighted by atomic mass is 19.1. The lowest BCUT2D eigenvalue weighted by Gasteiger charge is -2.45. The van der Waals surface area contributed by atoms with Crippen LogP contribution in [0.4, 0.5) is 10.1 Å². The third kappa shape index (κ3) is 3.18. The number of benzene rings is 2. The van der Waals surface area contributed by atoms with E-state index in [1.807, 2.05) is 66.7 Å². The van der Waals surface area contributed by atoms with E-state index in [9.17, 15) is 9.18 Å². The Kier molecular flexibility index (Phi) is 4.94. The van der Waals surface area contributed by atoms with Gasteiger partial charge in [0.05, 0.1) is 25.7 Å². The molecule has 0 aliphatic carbocycles. The first-order valence-corrected chi connectivity index (χ1v) is 8.01. The third-order valence-electron chi connectivity index (χ3n) is 4.32. The lowest BCUT2D eigenvalue weighted by atomic mass is 9.83. The van der Waals surface area contributed by atoms with Crippen molar-refractivity contribution in [3.63, 3.8) is 0 Å². The molecule has 24 heavy (non-hydrogen) atoms.